The highest BCUT2D eigenvalue weighted by molar-refractivity contribution is 5.89. The highest BCUT2D eigenvalue weighted by atomic mass is 16.5. The van der Waals surface area contributed by atoms with E-state index in [0.717, 1.165) is 23.3 Å². The minimum Gasteiger partial charge on any atom is -0.452 e. The molecular weight excluding hydrogens is 338 g/mol. The number of amides is 1. The van der Waals surface area contributed by atoms with Crippen LogP contribution in [0.3, 0.4) is 0 Å². The second-order valence-electron chi connectivity index (χ2n) is 8.92. The van der Waals surface area contributed by atoms with E-state index in [2.05, 4.69) is 12.2 Å². The summed E-state index contributed by atoms with van der Waals surface area (Å²) in [5.74, 6) is 1.89. The Morgan fingerprint density at radius 1 is 1.11 bits per heavy atom. The molecule has 1 aromatic rings. The van der Waals surface area contributed by atoms with E-state index in [9.17, 15) is 9.59 Å². The molecule has 4 aliphatic rings. The van der Waals surface area contributed by atoms with Gasteiger partial charge in [-0.2, -0.15) is 0 Å². The quantitative estimate of drug-likeness (QED) is 0.611. The monoisotopic (exact) mass is 367 g/mol. The molecule has 0 heterocycles. The number of nitrogens with one attached hydrogen (secondary N) is 1. The average molecular weight is 367 g/mol. The molecule has 0 aliphatic heterocycles. The van der Waals surface area contributed by atoms with Crippen LogP contribution in [0.1, 0.15) is 51.0 Å². The molecule has 1 unspecified atom stereocenters. The van der Waals surface area contributed by atoms with Crippen LogP contribution in [-0.2, 0) is 14.3 Å². The first-order valence-electron chi connectivity index (χ1n) is 10.2. The van der Waals surface area contributed by atoms with Crippen molar-refractivity contribution < 1.29 is 14.3 Å². The number of hydrogen-bond acceptors (Lipinski definition) is 3. The fourth-order valence-corrected chi connectivity index (χ4v) is 6.06. The summed E-state index contributed by atoms with van der Waals surface area (Å²) in [6.07, 6.45) is 11.0. The van der Waals surface area contributed by atoms with Gasteiger partial charge in [-0.05, 0) is 80.3 Å². The average Bonchev–Trinajstić information content (AvgIpc) is 2.64. The number of esters is 1. The Labute approximate surface area is 161 Å². The first kappa shape index (κ1) is 18.3. The zero-order valence-corrected chi connectivity index (χ0v) is 16.0. The molecular formula is C23H29NO3. The van der Waals surface area contributed by atoms with Crippen molar-refractivity contribution >= 4 is 18.0 Å². The molecule has 144 valence electrons. The van der Waals surface area contributed by atoms with Crippen molar-refractivity contribution in [1.82, 2.24) is 5.32 Å². The number of benzene rings is 1. The standard InChI is InChI=1S/C23H29NO3/c1-16(23-12-18-9-19(13-23)11-20(10-18)14-23)24-21(25)15-27-22(26)8-7-17-5-3-2-4-6-17/h2-8,16,18-20H,9-15H2,1H3,(H,24,25)/b8-7+. The van der Waals surface area contributed by atoms with Gasteiger partial charge in [-0.1, -0.05) is 30.3 Å². The Hall–Kier alpha value is -2.10. The molecule has 5 rings (SSSR count). The summed E-state index contributed by atoms with van der Waals surface area (Å²) in [4.78, 5) is 24.2. The fraction of sp³-hybridized carbons (Fsp3) is 0.565. The number of carbonyl (C=O) groups excluding carboxylic acids is 2. The lowest BCUT2D eigenvalue weighted by molar-refractivity contribution is -0.145. The molecule has 4 heteroatoms. The minimum atomic E-state index is -0.489. The Balaban J connectivity index is 1.26. The zero-order chi connectivity index (χ0) is 18.9. The third kappa shape index (κ3) is 4.10. The summed E-state index contributed by atoms with van der Waals surface area (Å²) >= 11 is 0. The van der Waals surface area contributed by atoms with Gasteiger partial charge in [0.05, 0.1) is 0 Å². The molecule has 1 aromatic carbocycles. The molecule has 4 nitrogen and oxygen atoms in total. The molecule has 0 aromatic heterocycles. The zero-order valence-electron chi connectivity index (χ0n) is 16.0. The molecule has 4 saturated carbocycles. The molecule has 1 amide bonds. The third-order valence-corrected chi connectivity index (χ3v) is 6.94. The Morgan fingerprint density at radius 3 is 2.30 bits per heavy atom. The molecule has 4 fully saturated rings. The van der Waals surface area contributed by atoms with Gasteiger partial charge in [0.1, 0.15) is 0 Å². The van der Waals surface area contributed by atoms with Gasteiger partial charge in [0.2, 0.25) is 0 Å². The van der Waals surface area contributed by atoms with Crippen LogP contribution in [0.2, 0.25) is 0 Å². The lowest BCUT2D eigenvalue weighted by Crippen LogP contribution is -2.56. The number of ether oxygens (including phenoxy) is 1. The lowest BCUT2D eigenvalue weighted by atomic mass is 9.48. The van der Waals surface area contributed by atoms with Crippen LogP contribution >= 0.6 is 0 Å². The molecule has 1 atom stereocenters. The van der Waals surface area contributed by atoms with Crippen molar-refractivity contribution in [2.24, 2.45) is 23.2 Å². The topological polar surface area (TPSA) is 55.4 Å². The maximum absolute atomic E-state index is 12.3. The Kier molecular flexibility index (Phi) is 5.07. The van der Waals surface area contributed by atoms with Gasteiger partial charge in [-0.25, -0.2) is 4.79 Å². The molecule has 0 radical (unpaired) electrons. The first-order valence-corrected chi connectivity index (χ1v) is 10.2. The number of hydrogen-bond donors (Lipinski definition) is 1. The van der Waals surface area contributed by atoms with E-state index in [1.54, 1.807) is 6.08 Å². The summed E-state index contributed by atoms with van der Waals surface area (Å²) < 4.78 is 5.11. The second-order valence-corrected chi connectivity index (χ2v) is 8.92. The van der Waals surface area contributed by atoms with E-state index in [1.807, 2.05) is 30.3 Å². The minimum absolute atomic E-state index is 0.150. The summed E-state index contributed by atoms with van der Waals surface area (Å²) in [7, 11) is 0. The van der Waals surface area contributed by atoms with E-state index in [-0.39, 0.29) is 24.0 Å². The van der Waals surface area contributed by atoms with Crippen LogP contribution in [0.4, 0.5) is 0 Å². The van der Waals surface area contributed by atoms with Gasteiger partial charge in [0, 0.05) is 12.1 Å². The van der Waals surface area contributed by atoms with Crippen LogP contribution in [0.25, 0.3) is 6.08 Å². The fourth-order valence-electron chi connectivity index (χ4n) is 6.06. The molecule has 0 saturated heterocycles. The largest absolute Gasteiger partial charge is 0.452 e. The molecule has 4 aliphatic carbocycles. The lowest BCUT2D eigenvalue weighted by Gasteiger charge is -2.59. The van der Waals surface area contributed by atoms with Crippen molar-refractivity contribution in [3.05, 3.63) is 42.0 Å². The third-order valence-electron chi connectivity index (χ3n) is 6.94. The van der Waals surface area contributed by atoms with Gasteiger partial charge < -0.3 is 10.1 Å². The predicted molar refractivity (Wildman–Crippen MR) is 105 cm³/mol. The number of rotatable bonds is 6. The van der Waals surface area contributed by atoms with Gasteiger partial charge in [-0.3, -0.25) is 4.79 Å². The summed E-state index contributed by atoms with van der Waals surface area (Å²) in [6.45, 7) is 1.93. The smallest absolute Gasteiger partial charge is 0.331 e. The molecule has 0 spiro atoms. The molecule has 4 bridgehead atoms. The van der Waals surface area contributed by atoms with Crippen molar-refractivity contribution in [2.75, 3.05) is 6.61 Å². The molecule has 27 heavy (non-hydrogen) atoms. The van der Waals surface area contributed by atoms with Gasteiger partial charge in [0.15, 0.2) is 6.61 Å². The van der Waals surface area contributed by atoms with Gasteiger partial charge in [-0.15, -0.1) is 0 Å². The van der Waals surface area contributed by atoms with E-state index in [4.69, 9.17) is 4.74 Å². The van der Waals surface area contributed by atoms with E-state index < -0.39 is 5.97 Å². The predicted octanol–water partition coefficient (Wildman–Crippen LogP) is 3.96. The second kappa shape index (κ2) is 7.49. The van der Waals surface area contributed by atoms with Gasteiger partial charge in [0.25, 0.3) is 5.91 Å². The van der Waals surface area contributed by atoms with Crippen LogP contribution < -0.4 is 5.32 Å². The van der Waals surface area contributed by atoms with Crippen molar-refractivity contribution in [3.63, 3.8) is 0 Å². The van der Waals surface area contributed by atoms with Crippen molar-refractivity contribution in [1.29, 1.82) is 0 Å². The number of carbonyl (C=O) groups is 2. The van der Waals surface area contributed by atoms with Crippen LogP contribution in [0, 0.1) is 23.2 Å². The molecule has 1 N–H and O–H groups in total. The summed E-state index contributed by atoms with van der Waals surface area (Å²) in [6, 6.07) is 9.70. The maximum Gasteiger partial charge on any atom is 0.331 e. The van der Waals surface area contributed by atoms with Gasteiger partial charge >= 0.3 is 5.97 Å². The van der Waals surface area contributed by atoms with Crippen LogP contribution in [0.15, 0.2) is 36.4 Å². The highest BCUT2D eigenvalue weighted by Crippen LogP contribution is 2.61. The Morgan fingerprint density at radius 2 is 1.70 bits per heavy atom. The Bertz CT molecular complexity index is 689. The SMILES string of the molecule is CC(NC(=O)COC(=O)/C=C/c1ccccc1)C12CC3CC(CC(C3)C1)C2. The first-order chi connectivity index (χ1) is 13.0. The van der Waals surface area contributed by atoms with Crippen LogP contribution in [-0.4, -0.2) is 24.5 Å². The van der Waals surface area contributed by atoms with E-state index >= 15 is 0 Å². The maximum atomic E-state index is 12.3. The summed E-state index contributed by atoms with van der Waals surface area (Å²) in [5, 5.41) is 3.13. The van der Waals surface area contributed by atoms with Crippen molar-refractivity contribution in [2.45, 2.75) is 51.5 Å². The normalized spacial score (nSPS) is 32.4. The van der Waals surface area contributed by atoms with E-state index in [0.29, 0.717) is 0 Å². The van der Waals surface area contributed by atoms with Crippen molar-refractivity contribution in [3.8, 4) is 0 Å². The summed E-state index contributed by atoms with van der Waals surface area (Å²) in [5.41, 5.74) is 1.19. The van der Waals surface area contributed by atoms with Crippen LogP contribution in [0.5, 0.6) is 0 Å². The highest BCUT2D eigenvalue weighted by Gasteiger charge is 2.53. The van der Waals surface area contributed by atoms with E-state index in [1.165, 1.54) is 44.6 Å².